The highest BCUT2D eigenvalue weighted by Crippen LogP contribution is 2.36. The number of hydrogen-bond donors (Lipinski definition) is 5. The predicted octanol–water partition coefficient (Wildman–Crippen LogP) is 5.74. The summed E-state index contributed by atoms with van der Waals surface area (Å²) in [5.41, 5.74) is 3.29. The number of carboxylic acid groups (broad SMARTS) is 1. The number of nitrogens with one attached hydrogen (secondary N) is 4. The van der Waals surface area contributed by atoms with Crippen molar-refractivity contribution in [1.82, 2.24) is 10.3 Å². The number of anilines is 2. The predicted molar refractivity (Wildman–Crippen MR) is 178 cm³/mol. The van der Waals surface area contributed by atoms with Crippen LogP contribution in [0.5, 0.6) is 0 Å². The highest BCUT2D eigenvalue weighted by Gasteiger charge is 2.38. The van der Waals surface area contributed by atoms with Crippen LogP contribution in [0.15, 0.2) is 70.5 Å². The van der Waals surface area contributed by atoms with Crippen LogP contribution in [0.4, 0.5) is 16.2 Å². The van der Waals surface area contributed by atoms with Crippen LogP contribution < -0.4 is 21.5 Å². The molecule has 1 unspecified atom stereocenters. The van der Waals surface area contributed by atoms with Gasteiger partial charge in [-0.15, -0.1) is 0 Å². The molecule has 3 aromatic carbocycles. The van der Waals surface area contributed by atoms with Crippen molar-refractivity contribution in [2.75, 3.05) is 24.3 Å². The van der Waals surface area contributed by atoms with Gasteiger partial charge in [-0.2, -0.15) is 0 Å². The van der Waals surface area contributed by atoms with Crippen LogP contribution in [-0.4, -0.2) is 49.5 Å². The Balaban J connectivity index is 1.24. The third kappa shape index (κ3) is 7.19. The van der Waals surface area contributed by atoms with Crippen molar-refractivity contribution in [2.24, 2.45) is 0 Å². The molecule has 5 rings (SSSR count). The summed E-state index contributed by atoms with van der Waals surface area (Å²) < 4.78 is 31.1. The SMILES string of the molecule is CNCc1cc(NC(=O)OC[C@H](C)c2ccc(C(Nc3ccc4c(Cl)c[nH]c(=O)c4c3)C(=O)O)cc2C)ccc1S(=O)(=O)C1CC1. The summed E-state index contributed by atoms with van der Waals surface area (Å²) in [5.74, 6) is -1.31. The Labute approximate surface area is 271 Å². The van der Waals surface area contributed by atoms with Gasteiger partial charge >= 0.3 is 12.1 Å². The van der Waals surface area contributed by atoms with E-state index in [9.17, 15) is 27.9 Å². The van der Waals surface area contributed by atoms with E-state index < -0.39 is 27.9 Å². The molecule has 242 valence electrons. The zero-order valence-corrected chi connectivity index (χ0v) is 27.1. The summed E-state index contributed by atoms with van der Waals surface area (Å²) in [4.78, 5) is 40.0. The third-order valence-electron chi connectivity index (χ3n) is 7.98. The standard InChI is InChI=1S/C33H35ClN4O7S/c1-18-12-20(30(32(40)41)37-23-5-10-26-27(14-23)31(39)36-16-28(26)34)4-9-25(18)19(2)17-45-33(42)38-22-6-11-29(21(13-22)15-35-3)46(43,44)24-7-8-24/h4-6,9-14,16,19,24,30,35,37H,7-8,15,17H2,1-3H3,(H,36,39)(H,38,42)(H,40,41)/t19-,30?/m0/s1. The minimum absolute atomic E-state index is 0.0539. The molecule has 1 saturated carbocycles. The summed E-state index contributed by atoms with van der Waals surface area (Å²) in [5, 5.41) is 19.6. The molecule has 13 heteroatoms. The number of sulfone groups is 1. The van der Waals surface area contributed by atoms with Crippen molar-refractivity contribution in [2.45, 2.75) is 55.3 Å². The summed E-state index contributed by atoms with van der Waals surface area (Å²) in [6.07, 6.45) is 2.05. The van der Waals surface area contributed by atoms with E-state index in [0.717, 1.165) is 11.1 Å². The van der Waals surface area contributed by atoms with E-state index in [1.165, 1.54) is 12.3 Å². The largest absolute Gasteiger partial charge is 0.479 e. The summed E-state index contributed by atoms with van der Waals surface area (Å²) in [6, 6.07) is 13.8. The highest BCUT2D eigenvalue weighted by atomic mass is 35.5. The van der Waals surface area contributed by atoms with Gasteiger partial charge in [0.25, 0.3) is 5.56 Å². The molecule has 1 aliphatic carbocycles. The van der Waals surface area contributed by atoms with Crippen molar-refractivity contribution in [1.29, 1.82) is 0 Å². The quantitative estimate of drug-likeness (QED) is 0.127. The number of hydrogen-bond acceptors (Lipinski definition) is 8. The molecule has 4 aromatic rings. The maximum absolute atomic E-state index is 12.8. The van der Waals surface area contributed by atoms with Crippen LogP contribution in [-0.2, 0) is 25.9 Å². The molecule has 2 atom stereocenters. The number of H-pyrrole nitrogens is 1. The van der Waals surface area contributed by atoms with Crippen molar-refractivity contribution in [3.8, 4) is 0 Å². The molecular formula is C33H35ClN4O7S. The van der Waals surface area contributed by atoms with Crippen LogP contribution in [0, 0.1) is 6.92 Å². The Morgan fingerprint density at radius 2 is 1.80 bits per heavy atom. The minimum atomic E-state index is -3.40. The van der Waals surface area contributed by atoms with Gasteiger partial charge in [0.2, 0.25) is 0 Å². The first-order valence-corrected chi connectivity index (χ1v) is 16.7. The summed E-state index contributed by atoms with van der Waals surface area (Å²) in [6.45, 7) is 4.13. The molecule has 0 saturated heterocycles. The summed E-state index contributed by atoms with van der Waals surface area (Å²) in [7, 11) is -1.67. The molecule has 0 bridgehead atoms. The van der Waals surface area contributed by atoms with E-state index in [2.05, 4.69) is 20.9 Å². The number of carboxylic acids is 1. The lowest BCUT2D eigenvalue weighted by molar-refractivity contribution is -0.138. The van der Waals surface area contributed by atoms with Gasteiger partial charge in [0.05, 0.1) is 27.2 Å². The Kier molecular flexibility index (Phi) is 9.71. The molecule has 1 aliphatic rings. The Hall–Kier alpha value is -4.39. The smallest absolute Gasteiger partial charge is 0.411 e. The van der Waals surface area contributed by atoms with Gasteiger partial charge in [-0.1, -0.05) is 42.8 Å². The van der Waals surface area contributed by atoms with E-state index in [1.54, 1.807) is 49.5 Å². The molecular weight excluding hydrogens is 632 g/mol. The van der Waals surface area contributed by atoms with Gasteiger partial charge in [-0.05, 0) is 79.4 Å². The van der Waals surface area contributed by atoms with Crippen LogP contribution in [0.1, 0.15) is 54.0 Å². The monoisotopic (exact) mass is 666 g/mol. The number of aromatic amines is 1. The number of aryl methyl sites for hydroxylation is 1. The number of amides is 1. The van der Waals surface area contributed by atoms with E-state index in [0.29, 0.717) is 57.7 Å². The summed E-state index contributed by atoms with van der Waals surface area (Å²) >= 11 is 6.18. The number of fused-ring (bicyclic) bond motifs is 1. The van der Waals surface area contributed by atoms with Gasteiger partial charge < -0.3 is 25.5 Å². The Morgan fingerprint density at radius 3 is 2.48 bits per heavy atom. The van der Waals surface area contributed by atoms with Gasteiger partial charge in [0.1, 0.15) is 0 Å². The minimum Gasteiger partial charge on any atom is -0.479 e. The first-order chi connectivity index (χ1) is 21.9. The van der Waals surface area contributed by atoms with Gasteiger partial charge in [0.15, 0.2) is 15.9 Å². The first kappa shape index (κ1) is 33.0. The Bertz CT molecular complexity index is 1970. The van der Waals surface area contributed by atoms with Crippen LogP contribution >= 0.6 is 11.6 Å². The molecule has 0 aliphatic heterocycles. The first-order valence-electron chi connectivity index (χ1n) is 14.7. The van der Waals surface area contributed by atoms with Crippen molar-refractivity contribution in [3.05, 3.63) is 98.4 Å². The van der Waals surface area contributed by atoms with E-state index in [-0.39, 0.29) is 28.2 Å². The second-order valence-corrected chi connectivity index (χ2v) is 14.1. The van der Waals surface area contributed by atoms with Gasteiger partial charge in [-0.25, -0.2) is 18.0 Å². The zero-order chi connectivity index (χ0) is 33.2. The molecule has 46 heavy (non-hydrogen) atoms. The number of rotatable bonds is 12. The number of aromatic nitrogens is 1. The van der Waals surface area contributed by atoms with Crippen molar-refractivity contribution >= 4 is 55.6 Å². The second-order valence-electron chi connectivity index (χ2n) is 11.5. The van der Waals surface area contributed by atoms with Crippen molar-refractivity contribution in [3.63, 3.8) is 0 Å². The highest BCUT2D eigenvalue weighted by molar-refractivity contribution is 7.92. The molecule has 11 nitrogen and oxygen atoms in total. The average molecular weight is 667 g/mol. The van der Waals surface area contributed by atoms with Gasteiger partial charge in [0, 0.05) is 35.4 Å². The number of benzene rings is 3. The molecule has 1 fully saturated rings. The fourth-order valence-electron chi connectivity index (χ4n) is 5.47. The number of halogens is 1. The number of aliphatic carboxylic acids is 1. The fraction of sp³-hybridized carbons (Fsp3) is 0.303. The number of carbonyl (C=O) groups excluding carboxylic acids is 1. The topological polar surface area (TPSA) is 167 Å². The molecule has 0 spiro atoms. The molecule has 1 amide bonds. The van der Waals surface area contributed by atoms with E-state index >= 15 is 0 Å². The van der Waals surface area contributed by atoms with Crippen LogP contribution in [0.25, 0.3) is 10.8 Å². The number of pyridine rings is 1. The number of ether oxygens (including phenoxy) is 1. The maximum atomic E-state index is 12.8. The number of carbonyl (C=O) groups is 2. The van der Waals surface area contributed by atoms with Crippen LogP contribution in [0.3, 0.4) is 0 Å². The lowest BCUT2D eigenvalue weighted by atomic mass is 9.93. The normalized spacial score (nSPS) is 14.4. The Morgan fingerprint density at radius 1 is 1.07 bits per heavy atom. The van der Waals surface area contributed by atoms with E-state index in [4.69, 9.17) is 16.3 Å². The van der Waals surface area contributed by atoms with Crippen LogP contribution in [0.2, 0.25) is 5.02 Å². The average Bonchev–Trinajstić information content (AvgIpc) is 3.87. The van der Waals surface area contributed by atoms with Crippen molar-refractivity contribution < 1.29 is 27.9 Å². The van der Waals surface area contributed by atoms with Gasteiger partial charge in [-0.3, -0.25) is 10.1 Å². The fourth-order valence-corrected chi connectivity index (χ4v) is 7.56. The lowest BCUT2D eigenvalue weighted by Crippen LogP contribution is -2.21. The molecule has 1 heterocycles. The lowest BCUT2D eigenvalue weighted by Gasteiger charge is -2.20. The molecule has 1 aromatic heterocycles. The second kappa shape index (κ2) is 13.5. The molecule has 0 radical (unpaired) electrons. The van der Waals surface area contributed by atoms with E-state index in [1.807, 2.05) is 19.9 Å². The zero-order valence-electron chi connectivity index (χ0n) is 25.5. The maximum Gasteiger partial charge on any atom is 0.411 e. The molecule has 5 N–H and O–H groups in total. The third-order valence-corrected chi connectivity index (χ3v) is 10.6.